The van der Waals surface area contributed by atoms with Crippen LogP contribution in [-0.2, 0) is 16.6 Å². The first-order valence-corrected chi connectivity index (χ1v) is 7.10. The van der Waals surface area contributed by atoms with Gasteiger partial charge in [-0.15, -0.1) is 0 Å². The summed E-state index contributed by atoms with van der Waals surface area (Å²) in [6.45, 7) is 0.104. The lowest BCUT2D eigenvalue weighted by Gasteiger charge is -2.06. The van der Waals surface area contributed by atoms with Crippen LogP contribution in [0.15, 0.2) is 39.8 Å². The van der Waals surface area contributed by atoms with Gasteiger partial charge in [0.05, 0.1) is 17.3 Å². The normalized spacial score (nSPS) is 11.5. The minimum atomic E-state index is -3.87. The molecule has 0 amide bonds. The van der Waals surface area contributed by atoms with Gasteiger partial charge in [-0.25, -0.2) is 17.9 Å². The Hall–Kier alpha value is -1.57. The molecule has 19 heavy (non-hydrogen) atoms. The molecule has 102 valence electrons. The minimum absolute atomic E-state index is 0.00494. The van der Waals surface area contributed by atoms with Crippen molar-refractivity contribution in [3.63, 3.8) is 0 Å². The molecule has 2 aromatic rings. The van der Waals surface area contributed by atoms with Crippen molar-refractivity contribution in [3.8, 4) is 0 Å². The Morgan fingerprint density at radius 1 is 1.32 bits per heavy atom. The van der Waals surface area contributed by atoms with Gasteiger partial charge in [0, 0.05) is 0 Å². The van der Waals surface area contributed by atoms with Gasteiger partial charge in [-0.1, -0.05) is 17.7 Å². The smallest absolute Gasteiger partial charge is 0.271 e. The molecule has 0 radical (unpaired) electrons. The maximum absolute atomic E-state index is 13.6. The third-order valence-electron chi connectivity index (χ3n) is 2.32. The Kier molecular flexibility index (Phi) is 3.79. The topological polar surface area (TPSA) is 85.3 Å². The molecule has 1 aromatic carbocycles. The monoisotopic (exact) mass is 304 g/mol. The largest absolute Gasteiger partial charge is 0.446 e. The number of nitrogens with two attached hydrogens (primary N) is 1. The summed E-state index contributed by atoms with van der Waals surface area (Å²) in [5.74, 6) is -0.272. The zero-order valence-electron chi connectivity index (χ0n) is 9.56. The molecule has 5 nitrogen and oxygen atoms in total. The van der Waals surface area contributed by atoms with Crippen LogP contribution in [0, 0.1) is 5.82 Å². The van der Waals surface area contributed by atoms with Gasteiger partial charge in [-0.2, -0.15) is 0 Å². The first-order valence-electron chi connectivity index (χ1n) is 5.17. The summed E-state index contributed by atoms with van der Waals surface area (Å²) >= 11 is 5.63. The number of nitrogens with one attached hydrogen (secondary N) is 1. The minimum Gasteiger partial charge on any atom is -0.446 e. The average molecular weight is 305 g/mol. The highest BCUT2D eigenvalue weighted by Gasteiger charge is 2.13. The number of hydrogen-bond acceptors (Lipinski definition) is 4. The molecule has 3 N–H and O–H groups in total. The van der Waals surface area contributed by atoms with Crippen LogP contribution in [0.25, 0.3) is 0 Å². The number of anilines is 1. The molecule has 1 heterocycles. The Morgan fingerprint density at radius 2 is 2.05 bits per heavy atom. The Morgan fingerprint density at radius 3 is 2.68 bits per heavy atom. The zero-order valence-corrected chi connectivity index (χ0v) is 11.1. The van der Waals surface area contributed by atoms with Crippen LogP contribution in [0.5, 0.6) is 0 Å². The standard InChI is InChI=1S/C11H10ClFN2O3S/c12-8-2-1-3-9(11(8)13)15-6-7-4-5-10(18-7)19(14,16)17/h1-5,15H,6H2,(H2,14,16,17). The molecule has 0 aliphatic carbocycles. The lowest BCUT2D eigenvalue weighted by Crippen LogP contribution is -2.10. The first-order chi connectivity index (χ1) is 8.88. The van der Waals surface area contributed by atoms with Crippen LogP contribution >= 0.6 is 11.6 Å². The highest BCUT2D eigenvalue weighted by Crippen LogP contribution is 2.23. The molecule has 0 bridgehead atoms. The predicted molar refractivity (Wildman–Crippen MR) is 68.8 cm³/mol. The van der Waals surface area contributed by atoms with Crippen LogP contribution in [0.2, 0.25) is 5.02 Å². The van der Waals surface area contributed by atoms with E-state index >= 15 is 0 Å². The quantitative estimate of drug-likeness (QED) is 0.908. The van der Waals surface area contributed by atoms with E-state index < -0.39 is 15.8 Å². The van der Waals surface area contributed by atoms with Gasteiger partial charge in [0.2, 0.25) is 5.09 Å². The number of sulfonamides is 1. The number of rotatable bonds is 4. The maximum Gasteiger partial charge on any atom is 0.271 e. The van der Waals surface area contributed by atoms with Gasteiger partial charge < -0.3 is 9.73 Å². The van der Waals surface area contributed by atoms with E-state index in [9.17, 15) is 12.8 Å². The van der Waals surface area contributed by atoms with Gasteiger partial charge in [-0.3, -0.25) is 0 Å². The highest BCUT2D eigenvalue weighted by molar-refractivity contribution is 7.89. The number of halogens is 2. The summed E-state index contributed by atoms with van der Waals surface area (Å²) in [5.41, 5.74) is 0.195. The molecule has 0 unspecified atom stereocenters. The van der Waals surface area contributed by atoms with Crippen LogP contribution < -0.4 is 10.5 Å². The molecule has 0 aliphatic heterocycles. The molecule has 8 heteroatoms. The van der Waals surface area contributed by atoms with Gasteiger partial charge in [-0.05, 0) is 24.3 Å². The summed E-state index contributed by atoms with van der Waals surface area (Å²) in [6.07, 6.45) is 0. The van der Waals surface area contributed by atoms with Gasteiger partial charge in [0.25, 0.3) is 10.0 Å². The van der Waals surface area contributed by atoms with E-state index in [1.54, 1.807) is 6.07 Å². The molecular formula is C11H10ClFN2O3S. The van der Waals surface area contributed by atoms with Crippen molar-refractivity contribution >= 4 is 27.3 Å². The van der Waals surface area contributed by atoms with E-state index in [0.29, 0.717) is 5.76 Å². The Balaban J connectivity index is 2.11. The van der Waals surface area contributed by atoms with Crippen LogP contribution in [0.4, 0.5) is 10.1 Å². The van der Waals surface area contributed by atoms with Gasteiger partial charge >= 0.3 is 0 Å². The molecule has 0 aliphatic rings. The van der Waals surface area contributed by atoms with E-state index in [4.69, 9.17) is 21.2 Å². The van der Waals surface area contributed by atoms with E-state index in [1.165, 1.54) is 24.3 Å². The van der Waals surface area contributed by atoms with Crippen LogP contribution in [-0.4, -0.2) is 8.42 Å². The van der Waals surface area contributed by atoms with Crippen LogP contribution in [0.1, 0.15) is 5.76 Å². The summed E-state index contributed by atoms with van der Waals surface area (Å²) in [5, 5.41) is 7.31. The van der Waals surface area contributed by atoms with Crippen molar-refractivity contribution in [2.24, 2.45) is 5.14 Å². The molecule has 2 rings (SSSR count). The van der Waals surface area contributed by atoms with E-state index in [0.717, 1.165) is 0 Å². The fourth-order valence-corrected chi connectivity index (χ4v) is 2.08. The predicted octanol–water partition coefficient (Wildman–Crippen LogP) is 2.33. The molecule has 0 fully saturated rings. The SMILES string of the molecule is NS(=O)(=O)c1ccc(CNc2cccc(Cl)c2F)o1. The Labute approximate surface area is 114 Å². The number of benzene rings is 1. The van der Waals surface area contributed by atoms with E-state index in [1.807, 2.05) is 0 Å². The fourth-order valence-electron chi connectivity index (χ4n) is 1.43. The van der Waals surface area contributed by atoms with Gasteiger partial charge in [0.15, 0.2) is 5.82 Å². The summed E-state index contributed by atoms with van der Waals surface area (Å²) < 4.78 is 40.6. The van der Waals surface area contributed by atoms with Gasteiger partial charge in [0.1, 0.15) is 5.76 Å². The van der Waals surface area contributed by atoms with Crippen molar-refractivity contribution in [2.75, 3.05) is 5.32 Å². The van der Waals surface area contributed by atoms with Crippen LogP contribution in [0.3, 0.4) is 0 Å². The molecule has 0 spiro atoms. The van der Waals surface area contributed by atoms with E-state index in [2.05, 4.69) is 5.32 Å². The molecule has 0 saturated carbocycles. The van der Waals surface area contributed by atoms with Crippen molar-refractivity contribution in [3.05, 3.63) is 46.9 Å². The number of primary sulfonamides is 1. The molecule has 1 aromatic heterocycles. The Bertz CT molecular complexity index is 700. The first kappa shape index (κ1) is 13.9. The van der Waals surface area contributed by atoms with Crippen molar-refractivity contribution < 1.29 is 17.2 Å². The maximum atomic E-state index is 13.6. The lowest BCUT2D eigenvalue weighted by molar-refractivity contribution is 0.419. The van der Waals surface area contributed by atoms with Crippen molar-refractivity contribution in [2.45, 2.75) is 11.6 Å². The molecule has 0 saturated heterocycles. The molecule has 0 atom stereocenters. The lowest BCUT2D eigenvalue weighted by atomic mass is 10.3. The van der Waals surface area contributed by atoms with E-state index in [-0.39, 0.29) is 22.3 Å². The third-order valence-corrected chi connectivity index (χ3v) is 3.39. The number of hydrogen-bond donors (Lipinski definition) is 2. The average Bonchev–Trinajstić information content (AvgIpc) is 2.79. The number of furan rings is 1. The summed E-state index contributed by atoms with van der Waals surface area (Å²) in [7, 11) is -3.87. The zero-order chi connectivity index (χ0) is 14.0. The second-order valence-electron chi connectivity index (χ2n) is 3.72. The second kappa shape index (κ2) is 5.20. The summed E-state index contributed by atoms with van der Waals surface area (Å²) in [4.78, 5) is 0. The third kappa shape index (κ3) is 3.25. The molecular weight excluding hydrogens is 295 g/mol. The highest BCUT2D eigenvalue weighted by atomic mass is 35.5. The fraction of sp³-hybridized carbons (Fsp3) is 0.0909. The summed E-state index contributed by atoms with van der Waals surface area (Å²) in [6, 6.07) is 7.19. The van der Waals surface area contributed by atoms with Crippen molar-refractivity contribution in [1.82, 2.24) is 0 Å². The van der Waals surface area contributed by atoms with Crippen molar-refractivity contribution in [1.29, 1.82) is 0 Å². The second-order valence-corrected chi connectivity index (χ2v) is 5.62.